The monoisotopic (exact) mass is 549 g/mol. The van der Waals surface area contributed by atoms with Crippen LogP contribution in [0.1, 0.15) is 40.9 Å². The van der Waals surface area contributed by atoms with Crippen LogP contribution < -0.4 is 11.1 Å². The number of hydrogen-bond acceptors (Lipinski definition) is 10. The van der Waals surface area contributed by atoms with Crippen molar-refractivity contribution in [2.24, 2.45) is 29.4 Å². The van der Waals surface area contributed by atoms with Gasteiger partial charge in [-0.25, -0.2) is 0 Å². The molecular formula is C29H31N3O8. The predicted molar refractivity (Wildman–Crippen MR) is 139 cm³/mol. The molecule has 11 nitrogen and oxygen atoms in total. The van der Waals surface area contributed by atoms with Gasteiger partial charge in [-0.2, -0.15) is 0 Å². The summed E-state index contributed by atoms with van der Waals surface area (Å²) in [6, 6.07) is 6.01. The number of primary amides is 1. The lowest BCUT2D eigenvalue weighted by atomic mass is 9.52. The highest BCUT2D eigenvalue weighted by Gasteiger charge is 2.69. The molecule has 1 amide bonds. The number of aromatic hydroxyl groups is 1. The van der Waals surface area contributed by atoms with Crippen LogP contribution in [0.2, 0.25) is 0 Å². The lowest BCUT2D eigenvalue weighted by Crippen LogP contribution is -2.74. The third kappa shape index (κ3) is 3.79. The van der Waals surface area contributed by atoms with E-state index in [1.54, 1.807) is 26.2 Å². The number of nitrogens with zero attached hydrogens (tertiary/aromatic N) is 1. The van der Waals surface area contributed by atoms with Gasteiger partial charge >= 0.3 is 0 Å². The van der Waals surface area contributed by atoms with E-state index >= 15 is 0 Å². The maximum Gasteiger partial charge on any atom is 0.235 e. The van der Waals surface area contributed by atoms with Crippen molar-refractivity contribution in [1.29, 1.82) is 0 Å². The normalized spacial score (nSPS) is 31.6. The number of amides is 1. The highest BCUT2D eigenvalue weighted by atomic mass is 16.3. The average molecular weight is 550 g/mol. The average Bonchev–Trinajstić information content (AvgIpc) is 3.60. The summed E-state index contributed by atoms with van der Waals surface area (Å²) in [5, 5.41) is 25.8. The van der Waals surface area contributed by atoms with Gasteiger partial charge in [0.25, 0.3) is 0 Å². The molecule has 210 valence electrons. The number of Topliss-reactive ketones (excluding diaryl/α,β-unsaturated/α-hetero) is 4. The number of fused-ring (bicyclic) bond motifs is 3. The number of furan rings is 1. The Balaban J connectivity index is 1.41. The Bertz CT molecular complexity index is 1470. The number of ketones is 4. The van der Waals surface area contributed by atoms with Crippen molar-refractivity contribution in [3.05, 3.63) is 41.2 Å². The minimum absolute atomic E-state index is 0.00625. The molecule has 3 saturated carbocycles. The minimum Gasteiger partial charge on any atom is -0.507 e. The second-order valence-corrected chi connectivity index (χ2v) is 11.7. The molecule has 0 bridgehead atoms. The first-order chi connectivity index (χ1) is 18.9. The van der Waals surface area contributed by atoms with Gasteiger partial charge in [0.05, 0.1) is 24.1 Å². The molecule has 6 rings (SSSR count). The number of hydrogen-bond donors (Lipinski definition) is 4. The van der Waals surface area contributed by atoms with E-state index < -0.39 is 64.4 Å². The van der Waals surface area contributed by atoms with E-state index in [1.165, 1.54) is 11.0 Å². The smallest absolute Gasteiger partial charge is 0.235 e. The van der Waals surface area contributed by atoms with Crippen LogP contribution in [0.25, 0.3) is 11.3 Å². The fourth-order valence-electron chi connectivity index (χ4n) is 6.99. The lowest BCUT2D eigenvalue weighted by molar-refractivity contribution is -0.181. The van der Waals surface area contributed by atoms with Gasteiger partial charge in [0.1, 0.15) is 17.3 Å². The molecule has 5 N–H and O–H groups in total. The topological polar surface area (TPSA) is 180 Å². The Labute approximate surface area is 229 Å². The number of benzene rings is 1. The quantitative estimate of drug-likeness (QED) is 0.368. The SMILES string of the molecule is CN(C)C1C(=O)C(C(N)=O)C(=O)[C@]2(O)C(=O)C3C(=O)c4c(O)ccc(-c5ccc(CNC6CC6)o5)c4C[C@@H]3C[C@H]12. The van der Waals surface area contributed by atoms with Crippen molar-refractivity contribution in [2.75, 3.05) is 14.1 Å². The van der Waals surface area contributed by atoms with Crippen LogP contribution in [0.4, 0.5) is 0 Å². The van der Waals surface area contributed by atoms with Crippen molar-refractivity contribution in [3.63, 3.8) is 0 Å². The standard InChI is InChI=1S/C29H31N3O8/c1-32(2)23-17-10-12-9-16-15(19-8-5-14(40-19)11-31-13-3-4-13)6-7-18(33)21(16)24(34)20(12)26(36)29(17,39)27(37)22(25(23)35)28(30)38/h5-8,12-13,17,20,22-23,31,33,39H,3-4,9-11H2,1-2H3,(H2,30,38)/t12-,17-,20?,22?,23?,29-/m1/s1. The molecule has 40 heavy (non-hydrogen) atoms. The number of rotatable bonds is 6. The van der Waals surface area contributed by atoms with Gasteiger partial charge in [-0.15, -0.1) is 0 Å². The summed E-state index contributed by atoms with van der Waals surface area (Å²) in [7, 11) is 3.11. The molecule has 0 radical (unpaired) electrons. The second kappa shape index (κ2) is 9.18. The van der Waals surface area contributed by atoms with Crippen molar-refractivity contribution in [3.8, 4) is 17.1 Å². The Morgan fingerprint density at radius 3 is 2.50 bits per heavy atom. The zero-order valence-corrected chi connectivity index (χ0v) is 22.2. The van der Waals surface area contributed by atoms with Gasteiger partial charge in [0.15, 0.2) is 34.7 Å². The van der Waals surface area contributed by atoms with E-state index in [0.717, 1.165) is 18.6 Å². The van der Waals surface area contributed by atoms with Gasteiger partial charge in [0.2, 0.25) is 5.91 Å². The molecule has 0 saturated heterocycles. The minimum atomic E-state index is -2.74. The first-order valence-corrected chi connectivity index (χ1v) is 13.5. The molecule has 0 aliphatic heterocycles. The number of likely N-dealkylation sites (N-methyl/N-ethyl adjacent to an activating group) is 1. The molecule has 1 aromatic carbocycles. The fourth-order valence-corrected chi connectivity index (χ4v) is 6.99. The third-order valence-electron chi connectivity index (χ3n) is 9.01. The Morgan fingerprint density at radius 1 is 1.12 bits per heavy atom. The van der Waals surface area contributed by atoms with E-state index in [0.29, 0.717) is 29.5 Å². The van der Waals surface area contributed by atoms with Gasteiger partial charge in [0, 0.05) is 17.5 Å². The largest absolute Gasteiger partial charge is 0.507 e. The second-order valence-electron chi connectivity index (χ2n) is 11.7. The molecular weight excluding hydrogens is 518 g/mol. The van der Waals surface area contributed by atoms with E-state index in [1.807, 2.05) is 6.07 Å². The lowest BCUT2D eigenvalue weighted by Gasteiger charge is -2.52. The number of phenolic OH excluding ortho intramolecular Hbond substituents is 1. The first-order valence-electron chi connectivity index (χ1n) is 13.5. The Morgan fingerprint density at radius 2 is 1.85 bits per heavy atom. The summed E-state index contributed by atoms with van der Waals surface area (Å²) in [5.41, 5.74) is 3.66. The fraction of sp³-hybridized carbons (Fsp3) is 0.483. The van der Waals surface area contributed by atoms with E-state index in [-0.39, 0.29) is 24.2 Å². The predicted octanol–water partition coefficient (Wildman–Crippen LogP) is 0.379. The maximum absolute atomic E-state index is 13.9. The zero-order valence-electron chi connectivity index (χ0n) is 22.2. The summed E-state index contributed by atoms with van der Waals surface area (Å²) in [6.07, 6.45) is 2.43. The molecule has 3 unspecified atom stereocenters. The van der Waals surface area contributed by atoms with Crippen LogP contribution in [-0.2, 0) is 32.1 Å². The summed E-state index contributed by atoms with van der Waals surface area (Å²) in [6.45, 7) is 0.559. The number of aliphatic hydroxyl groups is 1. The molecule has 0 spiro atoms. The Hall–Kier alpha value is -3.67. The number of nitrogens with two attached hydrogens (primary N) is 1. The van der Waals surface area contributed by atoms with Crippen molar-refractivity contribution < 1.29 is 38.6 Å². The van der Waals surface area contributed by atoms with Crippen molar-refractivity contribution in [2.45, 2.75) is 49.9 Å². The molecule has 1 aromatic heterocycles. The van der Waals surface area contributed by atoms with E-state index in [2.05, 4.69) is 5.32 Å². The van der Waals surface area contributed by atoms with Crippen LogP contribution in [0, 0.1) is 23.7 Å². The molecule has 6 atom stereocenters. The van der Waals surface area contributed by atoms with Gasteiger partial charge in [-0.05, 0) is 75.5 Å². The first kappa shape index (κ1) is 26.5. The van der Waals surface area contributed by atoms with Crippen LogP contribution in [0.3, 0.4) is 0 Å². The molecule has 11 heteroatoms. The van der Waals surface area contributed by atoms with Gasteiger partial charge < -0.3 is 25.7 Å². The summed E-state index contributed by atoms with van der Waals surface area (Å²) < 4.78 is 6.06. The number of carbonyl (C=O) groups is 5. The molecule has 1 heterocycles. The highest BCUT2D eigenvalue weighted by molar-refractivity contribution is 6.32. The maximum atomic E-state index is 13.9. The van der Waals surface area contributed by atoms with Crippen LogP contribution in [-0.4, -0.2) is 75.9 Å². The number of phenols is 1. The van der Waals surface area contributed by atoms with Crippen molar-refractivity contribution in [1.82, 2.24) is 10.2 Å². The highest BCUT2D eigenvalue weighted by Crippen LogP contribution is 2.51. The van der Waals surface area contributed by atoms with Gasteiger partial charge in [-0.1, -0.05) is 0 Å². The van der Waals surface area contributed by atoms with Crippen molar-refractivity contribution >= 4 is 29.0 Å². The third-order valence-corrected chi connectivity index (χ3v) is 9.01. The van der Waals surface area contributed by atoms with E-state index in [9.17, 15) is 34.2 Å². The molecule has 3 fully saturated rings. The Kier molecular flexibility index (Phi) is 6.10. The van der Waals surface area contributed by atoms with Gasteiger partial charge in [-0.3, -0.25) is 28.9 Å². The molecule has 4 aliphatic rings. The van der Waals surface area contributed by atoms with Crippen LogP contribution in [0.5, 0.6) is 5.75 Å². The molecule has 2 aromatic rings. The zero-order chi connectivity index (χ0) is 28.7. The number of nitrogens with one attached hydrogen (secondary N) is 1. The summed E-state index contributed by atoms with van der Waals surface area (Å²) in [5.74, 6) is -9.44. The summed E-state index contributed by atoms with van der Waals surface area (Å²) >= 11 is 0. The summed E-state index contributed by atoms with van der Waals surface area (Å²) in [4.78, 5) is 67.9. The van der Waals surface area contributed by atoms with Crippen LogP contribution >= 0.6 is 0 Å². The number of carbonyl (C=O) groups excluding carboxylic acids is 5. The molecule has 4 aliphatic carbocycles. The van der Waals surface area contributed by atoms with E-state index in [4.69, 9.17) is 10.2 Å². The van der Waals surface area contributed by atoms with Crippen LogP contribution in [0.15, 0.2) is 28.7 Å².